The summed E-state index contributed by atoms with van der Waals surface area (Å²) in [6.07, 6.45) is 1.78. The van der Waals surface area contributed by atoms with E-state index in [2.05, 4.69) is 17.4 Å². The largest absolute Gasteiger partial charge is 0.507 e. The molecule has 2 aromatic rings. The van der Waals surface area contributed by atoms with Gasteiger partial charge in [-0.05, 0) is 49.9 Å². The number of hydrogen-bond donors (Lipinski definition) is 2. The Balaban J connectivity index is 1.90. The molecular weight excluding hydrogens is 262 g/mol. The molecule has 0 aliphatic rings. The number of aryl methyl sites for hydroxylation is 2. The lowest BCUT2D eigenvalue weighted by molar-refractivity contribution is 0.0936. The summed E-state index contributed by atoms with van der Waals surface area (Å²) in [5, 5.41) is 12.7. The SMILES string of the molecule is Cc1ccc(C(=O)NC(C)CCc2ccccc2)c(O)c1. The molecule has 0 aliphatic carbocycles. The van der Waals surface area contributed by atoms with Crippen molar-refractivity contribution in [2.75, 3.05) is 0 Å². The average Bonchev–Trinajstić information content (AvgIpc) is 2.46. The zero-order valence-electron chi connectivity index (χ0n) is 12.5. The topological polar surface area (TPSA) is 49.3 Å². The molecule has 1 unspecified atom stereocenters. The summed E-state index contributed by atoms with van der Waals surface area (Å²) in [7, 11) is 0. The molecule has 110 valence electrons. The van der Waals surface area contributed by atoms with E-state index in [0.717, 1.165) is 18.4 Å². The number of aromatic hydroxyl groups is 1. The van der Waals surface area contributed by atoms with Gasteiger partial charge in [-0.1, -0.05) is 36.4 Å². The van der Waals surface area contributed by atoms with Gasteiger partial charge in [0.15, 0.2) is 0 Å². The minimum absolute atomic E-state index is 0.0303. The highest BCUT2D eigenvalue weighted by atomic mass is 16.3. The predicted octanol–water partition coefficient (Wildman–Crippen LogP) is 3.45. The number of rotatable bonds is 5. The normalized spacial score (nSPS) is 11.9. The van der Waals surface area contributed by atoms with Crippen molar-refractivity contribution in [1.29, 1.82) is 0 Å². The van der Waals surface area contributed by atoms with Crippen LogP contribution >= 0.6 is 0 Å². The van der Waals surface area contributed by atoms with E-state index in [1.165, 1.54) is 5.56 Å². The van der Waals surface area contributed by atoms with Gasteiger partial charge in [-0.2, -0.15) is 0 Å². The number of nitrogens with one attached hydrogen (secondary N) is 1. The molecule has 1 atom stereocenters. The van der Waals surface area contributed by atoms with E-state index in [1.807, 2.05) is 38.1 Å². The third-order valence-corrected chi connectivity index (χ3v) is 3.48. The number of benzene rings is 2. The predicted molar refractivity (Wildman–Crippen MR) is 84.5 cm³/mol. The molecule has 2 aromatic carbocycles. The van der Waals surface area contributed by atoms with Crippen LogP contribution in [0.3, 0.4) is 0 Å². The lowest BCUT2D eigenvalue weighted by Crippen LogP contribution is -2.32. The molecule has 0 bridgehead atoms. The van der Waals surface area contributed by atoms with Crippen molar-refractivity contribution in [2.45, 2.75) is 32.7 Å². The van der Waals surface area contributed by atoms with Crippen molar-refractivity contribution in [1.82, 2.24) is 5.32 Å². The summed E-state index contributed by atoms with van der Waals surface area (Å²) in [6.45, 7) is 3.86. The number of carbonyl (C=O) groups excluding carboxylic acids is 1. The van der Waals surface area contributed by atoms with E-state index in [0.29, 0.717) is 5.56 Å². The van der Waals surface area contributed by atoms with E-state index in [1.54, 1.807) is 12.1 Å². The highest BCUT2D eigenvalue weighted by Crippen LogP contribution is 2.18. The smallest absolute Gasteiger partial charge is 0.255 e. The molecule has 3 nitrogen and oxygen atoms in total. The fourth-order valence-electron chi connectivity index (χ4n) is 2.24. The fraction of sp³-hybridized carbons (Fsp3) is 0.278. The van der Waals surface area contributed by atoms with Crippen molar-refractivity contribution in [2.24, 2.45) is 0 Å². The van der Waals surface area contributed by atoms with Gasteiger partial charge in [0, 0.05) is 6.04 Å². The molecular formula is C18H21NO2. The van der Waals surface area contributed by atoms with Gasteiger partial charge in [-0.25, -0.2) is 0 Å². The summed E-state index contributed by atoms with van der Waals surface area (Å²) in [5.74, 6) is -0.198. The first-order valence-corrected chi connectivity index (χ1v) is 7.20. The summed E-state index contributed by atoms with van der Waals surface area (Å²) < 4.78 is 0. The summed E-state index contributed by atoms with van der Waals surface area (Å²) in [6, 6.07) is 15.3. The van der Waals surface area contributed by atoms with Gasteiger partial charge in [-0.3, -0.25) is 4.79 Å². The second-order valence-corrected chi connectivity index (χ2v) is 5.42. The molecule has 2 N–H and O–H groups in total. The fourth-order valence-corrected chi connectivity index (χ4v) is 2.24. The maximum Gasteiger partial charge on any atom is 0.255 e. The molecule has 0 heterocycles. The van der Waals surface area contributed by atoms with Gasteiger partial charge in [-0.15, -0.1) is 0 Å². The summed E-state index contributed by atoms with van der Waals surface area (Å²) in [5.41, 5.74) is 2.52. The Morgan fingerprint density at radius 3 is 2.57 bits per heavy atom. The molecule has 0 aliphatic heterocycles. The van der Waals surface area contributed by atoms with Gasteiger partial charge in [0.05, 0.1) is 5.56 Å². The zero-order valence-corrected chi connectivity index (χ0v) is 12.5. The lowest BCUT2D eigenvalue weighted by Gasteiger charge is -2.14. The summed E-state index contributed by atoms with van der Waals surface area (Å²) >= 11 is 0. The van der Waals surface area contributed by atoms with Gasteiger partial charge >= 0.3 is 0 Å². The zero-order chi connectivity index (χ0) is 15.2. The van der Waals surface area contributed by atoms with E-state index in [4.69, 9.17) is 0 Å². The first-order valence-electron chi connectivity index (χ1n) is 7.20. The Labute approximate surface area is 125 Å². The van der Waals surface area contributed by atoms with Gasteiger partial charge < -0.3 is 10.4 Å². The third kappa shape index (κ3) is 4.35. The van der Waals surface area contributed by atoms with Gasteiger partial charge in [0.1, 0.15) is 5.75 Å². The number of amides is 1. The van der Waals surface area contributed by atoms with Crippen molar-refractivity contribution >= 4 is 5.91 Å². The molecule has 2 rings (SSSR count). The molecule has 0 saturated carbocycles. The molecule has 3 heteroatoms. The Morgan fingerprint density at radius 2 is 1.90 bits per heavy atom. The molecule has 0 radical (unpaired) electrons. The maximum atomic E-state index is 12.1. The van der Waals surface area contributed by atoms with Crippen LogP contribution in [0.1, 0.15) is 34.8 Å². The minimum Gasteiger partial charge on any atom is -0.507 e. The number of phenolic OH excluding ortho intramolecular Hbond substituents is 1. The Kier molecular flexibility index (Phi) is 4.99. The van der Waals surface area contributed by atoms with Crippen LogP contribution in [-0.4, -0.2) is 17.1 Å². The molecule has 0 saturated heterocycles. The highest BCUT2D eigenvalue weighted by molar-refractivity contribution is 5.97. The van der Waals surface area contributed by atoms with E-state index in [9.17, 15) is 9.90 Å². The van der Waals surface area contributed by atoms with Crippen molar-refractivity contribution < 1.29 is 9.90 Å². The Morgan fingerprint density at radius 1 is 1.19 bits per heavy atom. The minimum atomic E-state index is -0.229. The first kappa shape index (κ1) is 15.1. The lowest BCUT2D eigenvalue weighted by atomic mass is 10.1. The summed E-state index contributed by atoms with van der Waals surface area (Å²) in [4.78, 5) is 12.1. The van der Waals surface area contributed by atoms with E-state index in [-0.39, 0.29) is 17.7 Å². The van der Waals surface area contributed by atoms with Crippen LogP contribution in [0.15, 0.2) is 48.5 Å². The molecule has 21 heavy (non-hydrogen) atoms. The van der Waals surface area contributed by atoms with Crippen LogP contribution in [0.4, 0.5) is 0 Å². The van der Waals surface area contributed by atoms with Crippen LogP contribution in [0.25, 0.3) is 0 Å². The van der Waals surface area contributed by atoms with Crippen molar-refractivity contribution in [3.63, 3.8) is 0 Å². The van der Waals surface area contributed by atoms with Crippen molar-refractivity contribution in [3.8, 4) is 5.75 Å². The third-order valence-electron chi connectivity index (χ3n) is 3.48. The second kappa shape index (κ2) is 6.93. The van der Waals surface area contributed by atoms with E-state index >= 15 is 0 Å². The Hall–Kier alpha value is -2.29. The number of hydrogen-bond acceptors (Lipinski definition) is 2. The van der Waals surface area contributed by atoms with Crippen LogP contribution in [0, 0.1) is 6.92 Å². The van der Waals surface area contributed by atoms with Gasteiger partial charge in [0.25, 0.3) is 5.91 Å². The van der Waals surface area contributed by atoms with E-state index < -0.39 is 0 Å². The first-order chi connectivity index (χ1) is 10.1. The molecule has 1 amide bonds. The van der Waals surface area contributed by atoms with Crippen LogP contribution < -0.4 is 5.32 Å². The monoisotopic (exact) mass is 283 g/mol. The second-order valence-electron chi connectivity index (χ2n) is 5.42. The standard InChI is InChI=1S/C18H21NO2/c1-13-8-11-16(17(20)12-13)18(21)19-14(2)9-10-15-6-4-3-5-7-15/h3-8,11-12,14,20H,9-10H2,1-2H3,(H,19,21). The van der Waals surface area contributed by atoms with Gasteiger partial charge in [0.2, 0.25) is 0 Å². The molecule has 0 spiro atoms. The van der Waals surface area contributed by atoms with Crippen LogP contribution in [-0.2, 0) is 6.42 Å². The number of phenols is 1. The average molecular weight is 283 g/mol. The number of carbonyl (C=O) groups is 1. The van der Waals surface area contributed by atoms with Crippen LogP contribution in [0.2, 0.25) is 0 Å². The molecule has 0 fully saturated rings. The van der Waals surface area contributed by atoms with Crippen molar-refractivity contribution in [3.05, 3.63) is 65.2 Å². The van der Waals surface area contributed by atoms with Crippen LogP contribution in [0.5, 0.6) is 5.75 Å². The Bertz CT molecular complexity index is 608. The highest BCUT2D eigenvalue weighted by Gasteiger charge is 2.13. The maximum absolute atomic E-state index is 12.1. The molecule has 0 aromatic heterocycles. The quantitative estimate of drug-likeness (QED) is 0.883.